The molecule has 1 heterocycles. The Morgan fingerprint density at radius 2 is 1.88 bits per heavy atom. The van der Waals surface area contributed by atoms with E-state index in [1.54, 1.807) is 18.9 Å². The fraction of sp³-hybridized carbons (Fsp3) is 0.167. The van der Waals surface area contributed by atoms with Gasteiger partial charge in [-0.2, -0.15) is 0 Å². The Kier molecular flexibility index (Phi) is 3.49. The molecule has 0 amide bonds. The van der Waals surface area contributed by atoms with Crippen LogP contribution in [-0.2, 0) is 0 Å². The summed E-state index contributed by atoms with van der Waals surface area (Å²) >= 11 is 1.56. The van der Waals surface area contributed by atoms with Gasteiger partial charge in [0.2, 0.25) is 0 Å². The highest BCUT2D eigenvalue weighted by Crippen LogP contribution is 2.30. The summed E-state index contributed by atoms with van der Waals surface area (Å²) in [5.41, 5.74) is 6.65. The van der Waals surface area contributed by atoms with E-state index >= 15 is 0 Å². The fourth-order valence-corrected chi connectivity index (χ4v) is 2.16. The van der Waals surface area contributed by atoms with Gasteiger partial charge in [0.1, 0.15) is 22.9 Å². The van der Waals surface area contributed by atoms with Crippen LogP contribution in [0.4, 0.5) is 5.82 Å². The zero-order chi connectivity index (χ0) is 12.3. The number of ether oxygens (including phenoxy) is 1. The van der Waals surface area contributed by atoms with Crippen molar-refractivity contribution >= 4 is 17.6 Å². The minimum Gasteiger partial charge on any atom is -0.497 e. The van der Waals surface area contributed by atoms with Gasteiger partial charge in [-0.25, -0.2) is 9.97 Å². The van der Waals surface area contributed by atoms with Crippen LogP contribution < -0.4 is 10.5 Å². The molecule has 2 N–H and O–H groups in total. The van der Waals surface area contributed by atoms with Crippen molar-refractivity contribution in [3.05, 3.63) is 36.2 Å². The molecule has 0 fully saturated rings. The molecule has 1 aromatic carbocycles. The van der Waals surface area contributed by atoms with Gasteiger partial charge in [-0.05, 0) is 31.2 Å². The van der Waals surface area contributed by atoms with Crippen molar-refractivity contribution in [2.24, 2.45) is 0 Å². The first-order valence-electron chi connectivity index (χ1n) is 5.09. The smallest absolute Gasteiger partial charge is 0.130 e. The number of hydrogen-bond donors (Lipinski definition) is 1. The van der Waals surface area contributed by atoms with Crippen LogP contribution in [0.3, 0.4) is 0 Å². The van der Waals surface area contributed by atoms with Crippen LogP contribution >= 0.6 is 11.8 Å². The molecule has 88 valence electrons. The summed E-state index contributed by atoms with van der Waals surface area (Å²) in [4.78, 5) is 9.25. The molecule has 0 bridgehead atoms. The molecule has 0 aliphatic heterocycles. The Morgan fingerprint density at radius 3 is 2.53 bits per heavy atom. The van der Waals surface area contributed by atoms with Crippen LogP contribution in [0, 0.1) is 6.92 Å². The van der Waals surface area contributed by atoms with Gasteiger partial charge in [-0.3, -0.25) is 0 Å². The molecule has 0 radical (unpaired) electrons. The number of rotatable bonds is 3. The lowest BCUT2D eigenvalue weighted by Crippen LogP contribution is -1.97. The average molecular weight is 247 g/mol. The number of nitrogens with two attached hydrogens (primary N) is 1. The summed E-state index contributed by atoms with van der Waals surface area (Å²) in [6, 6.07) is 7.81. The number of nitrogens with zero attached hydrogens (tertiary/aromatic N) is 2. The standard InChI is InChI=1S/C12H13N3OS/c1-8-11(13)14-7-15-12(8)17-10-5-3-9(16-2)4-6-10/h3-7H,1-2H3,(H2,13,14,15). The molecule has 2 aromatic rings. The van der Waals surface area contributed by atoms with Crippen molar-refractivity contribution in [2.45, 2.75) is 16.8 Å². The predicted octanol–water partition coefficient (Wildman–Crippen LogP) is 2.53. The number of methoxy groups -OCH3 is 1. The zero-order valence-electron chi connectivity index (χ0n) is 9.68. The van der Waals surface area contributed by atoms with Crippen molar-refractivity contribution < 1.29 is 4.74 Å². The lowest BCUT2D eigenvalue weighted by molar-refractivity contribution is 0.414. The van der Waals surface area contributed by atoms with Gasteiger partial charge in [0.25, 0.3) is 0 Å². The van der Waals surface area contributed by atoms with Gasteiger partial charge < -0.3 is 10.5 Å². The van der Waals surface area contributed by atoms with Crippen LogP contribution in [-0.4, -0.2) is 17.1 Å². The highest BCUT2D eigenvalue weighted by molar-refractivity contribution is 7.99. The van der Waals surface area contributed by atoms with E-state index in [4.69, 9.17) is 10.5 Å². The second-order valence-corrected chi connectivity index (χ2v) is 4.53. The number of benzene rings is 1. The highest BCUT2D eigenvalue weighted by Gasteiger charge is 2.06. The van der Waals surface area contributed by atoms with E-state index in [9.17, 15) is 0 Å². The SMILES string of the molecule is COc1ccc(Sc2ncnc(N)c2C)cc1. The first-order valence-corrected chi connectivity index (χ1v) is 5.91. The molecule has 0 saturated carbocycles. The summed E-state index contributed by atoms with van der Waals surface area (Å²) in [5, 5.41) is 0.877. The van der Waals surface area contributed by atoms with E-state index in [1.165, 1.54) is 6.33 Å². The molecule has 0 saturated heterocycles. The molecule has 4 nitrogen and oxygen atoms in total. The van der Waals surface area contributed by atoms with Gasteiger partial charge in [0, 0.05) is 10.5 Å². The quantitative estimate of drug-likeness (QED) is 0.844. The maximum Gasteiger partial charge on any atom is 0.130 e. The third-order valence-electron chi connectivity index (χ3n) is 2.35. The molecule has 0 aliphatic carbocycles. The Hall–Kier alpha value is -1.75. The lowest BCUT2D eigenvalue weighted by atomic mass is 10.3. The zero-order valence-corrected chi connectivity index (χ0v) is 10.5. The predicted molar refractivity (Wildman–Crippen MR) is 68.3 cm³/mol. The molecule has 0 atom stereocenters. The van der Waals surface area contributed by atoms with Crippen molar-refractivity contribution in [1.29, 1.82) is 0 Å². The monoisotopic (exact) mass is 247 g/mol. The molecule has 0 spiro atoms. The van der Waals surface area contributed by atoms with Crippen molar-refractivity contribution in [1.82, 2.24) is 9.97 Å². The van der Waals surface area contributed by atoms with Crippen LogP contribution in [0.5, 0.6) is 5.75 Å². The molecule has 2 rings (SSSR count). The fourth-order valence-electron chi connectivity index (χ4n) is 1.31. The molecule has 1 aromatic heterocycles. The Labute approximate surface area is 104 Å². The van der Waals surface area contributed by atoms with Crippen LogP contribution in [0.2, 0.25) is 0 Å². The number of anilines is 1. The van der Waals surface area contributed by atoms with E-state index in [0.29, 0.717) is 5.82 Å². The van der Waals surface area contributed by atoms with Crippen LogP contribution in [0.15, 0.2) is 40.5 Å². The molecule has 17 heavy (non-hydrogen) atoms. The summed E-state index contributed by atoms with van der Waals surface area (Å²) in [7, 11) is 1.65. The first kappa shape index (κ1) is 11.7. The summed E-state index contributed by atoms with van der Waals surface area (Å²) in [6.45, 7) is 1.92. The number of nitrogen functional groups attached to an aromatic ring is 1. The Morgan fingerprint density at radius 1 is 1.18 bits per heavy atom. The molecule has 5 heteroatoms. The van der Waals surface area contributed by atoms with Gasteiger partial charge in [-0.15, -0.1) is 0 Å². The first-order chi connectivity index (χ1) is 8.20. The number of hydrogen-bond acceptors (Lipinski definition) is 5. The minimum atomic E-state index is 0.524. The van der Waals surface area contributed by atoms with Crippen molar-refractivity contribution in [2.75, 3.05) is 12.8 Å². The maximum atomic E-state index is 5.74. The third-order valence-corrected chi connectivity index (χ3v) is 3.46. The van der Waals surface area contributed by atoms with E-state index in [0.717, 1.165) is 21.2 Å². The minimum absolute atomic E-state index is 0.524. The van der Waals surface area contributed by atoms with Crippen molar-refractivity contribution in [3.63, 3.8) is 0 Å². The Bertz CT molecular complexity index is 514. The maximum absolute atomic E-state index is 5.74. The van der Waals surface area contributed by atoms with Gasteiger partial charge in [0.05, 0.1) is 7.11 Å². The highest BCUT2D eigenvalue weighted by atomic mass is 32.2. The van der Waals surface area contributed by atoms with Gasteiger partial charge in [0.15, 0.2) is 0 Å². The van der Waals surface area contributed by atoms with Crippen LogP contribution in [0.25, 0.3) is 0 Å². The lowest BCUT2D eigenvalue weighted by Gasteiger charge is -2.06. The summed E-state index contributed by atoms with van der Waals surface area (Å²) in [6.07, 6.45) is 1.48. The number of aromatic nitrogens is 2. The molecular formula is C12H13N3OS. The van der Waals surface area contributed by atoms with E-state index in [2.05, 4.69) is 9.97 Å². The molecule has 0 aliphatic rings. The topological polar surface area (TPSA) is 61.0 Å². The van der Waals surface area contributed by atoms with Gasteiger partial charge in [-0.1, -0.05) is 11.8 Å². The molecular weight excluding hydrogens is 234 g/mol. The van der Waals surface area contributed by atoms with E-state index in [1.807, 2.05) is 31.2 Å². The normalized spacial score (nSPS) is 10.2. The summed E-state index contributed by atoms with van der Waals surface area (Å²) in [5.74, 6) is 1.37. The van der Waals surface area contributed by atoms with E-state index < -0.39 is 0 Å². The summed E-state index contributed by atoms with van der Waals surface area (Å²) < 4.78 is 5.11. The molecule has 0 unspecified atom stereocenters. The second-order valence-electron chi connectivity index (χ2n) is 3.47. The largest absolute Gasteiger partial charge is 0.497 e. The van der Waals surface area contributed by atoms with E-state index in [-0.39, 0.29) is 0 Å². The van der Waals surface area contributed by atoms with Gasteiger partial charge >= 0.3 is 0 Å². The average Bonchev–Trinajstić information content (AvgIpc) is 2.36. The van der Waals surface area contributed by atoms with Crippen molar-refractivity contribution in [3.8, 4) is 5.75 Å². The van der Waals surface area contributed by atoms with Crippen LogP contribution in [0.1, 0.15) is 5.56 Å². The second kappa shape index (κ2) is 5.05. The third kappa shape index (κ3) is 2.68. The Balaban J connectivity index is 2.22.